The van der Waals surface area contributed by atoms with Gasteiger partial charge in [0.25, 0.3) is 0 Å². The van der Waals surface area contributed by atoms with Crippen molar-refractivity contribution in [1.29, 1.82) is 0 Å². The van der Waals surface area contributed by atoms with E-state index < -0.39 is 4.92 Å². The quantitative estimate of drug-likeness (QED) is 0.524. The van der Waals surface area contributed by atoms with Gasteiger partial charge in [-0.05, 0) is 21.6 Å². The SMILES string of the molecule is O=[N+]([O-])c1cn2c(n1)OCCN(Cc1ccccc1-c1ccccc1)CC2. The number of hydrogen-bond donors (Lipinski definition) is 0. The molecule has 0 fully saturated rings. The van der Waals surface area contributed by atoms with Gasteiger partial charge in [0.15, 0.2) is 0 Å². The van der Waals surface area contributed by atoms with Crippen LogP contribution in [0.2, 0.25) is 0 Å². The number of hydrogen-bond acceptors (Lipinski definition) is 5. The third kappa shape index (κ3) is 3.83. The van der Waals surface area contributed by atoms with Crippen molar-refractivity contribution in [3.63, 3.8) is 0 Å². The summed E-state index contributed by atoms with van der Waals surface area (Å²) in [6.07, 6.45) is 1.44. The van der Waals surface area contributed by atoms with Crippen LogP contribution in [-0.4, -0.2) is 39.1 Å². The number of nitrogens with zero attached hydrogens (tertiary/aromatic N) is 4. The fourth-order valence-electron chi connectivity index (χ4n) is 3.33. The normalized spacial score (nSPS) is 14.7. The molecule has 0 unspecified atom stereocenters. The summed E-state index contributed by atoms with van der Waals surface area (Å²) in [4.78, 5) is 16.7. The molecule has 0 N–H and O–H groups in total. The Morgan fingerprint density at radius 1 is 1.04 bits per heavy atom. The van der Waals surface area contributed by atoms with Crippen LogP contribution in [0.25, 0.3) is 11.1 Å². The van der Waals surface area contributed by atoms with Gasteiger partial charge in [-0.1, -0.05) is 54.6 Å². The van der Waals surface area contributed by atoms with Crippen LogP contribution in [-0.2, 0) is 13.1 Å². The number of nitro groups is 1. The standard InChI is InChI=1S/C20H20N4O3/c25-24(26)19-15-23-11-10-22(12-13-27-20(23)21-19)14-17-8-4-5-9-18(17)16-6-2-1-3-7-16/h1-9,15H,10-14H2. The Bertz CT molecular complexity index is 939. The molecule has 27 heavy (non-hydrogen) atoms. The van der Waals surface area contributed by atoms with Gasteiger partial charge in [0.1, 0.15) is 12.8 Å². The second-order valence-corrected chi connectivity index (χ2v) is 6.48. The van der Waals surface area contributed by atoms with Crippen LogP contribution in [0.3, 0.4) is 0 Å². The zero-order valence-corrected chi connectivity index (χ0v) is 14.8. The first-order valence-corrected chi connectivity index (χ1v) is 8.91. The fraction of sp³-hybridized carbons (Fsp3) is 0.250. The highest BCUT2D eigenvalue weighted by atomic mass is 16.6. The van der Waals surface area contributed by atoms with Gasteiger partial charge in [-0.15, -0.1) is 0 Å². The largest absolute Gasteiger partial charge is 0.444 e. The maximum atomic E-state index is 10.9. The van der Waals surface area contributed by atoms with E-state index in [0.717, 1.165) is 19.6 Å². The summed E-state index contributed by atoms with van der Waals surface area (Å²) < 4.78 is 7.36. The van der Waals surface area contributed by atoms with E-state index in [1.807, 2.05) is 18.2 Å². The van der Waals surface area contributed by atoms with Crippen LogP contribution in [0, 0.1) is 10.1 Å². The third-order valence-electron chi connectivity index (χ3n) is 4.71. The monoisotopic (exact) mass is 364 g/mol. The van der Waals surface area contributed by atoms with Gasteiger partial charge in [-0.25, -0.2) is 0 Å². The molecule has 0 saturated carbocycles. The highest BCUT2D eigenvalue weighted by Gasteiger charge is 2.23. The van der Waals surface area contributed by atoms with Crippen molar-refractivity contribution in [3.05, 3.63) is 76.5 Å². The molecule has 3 aromatic rings. The van der Waals surface area contributed by atoms with E-state index in [-0.39, 0.29) is 5.82 Å². The van der Waals surface area contributed by atoms with Crippen LogP contribution in [0.1, 0.15) is 5.56 Å². The van der Waals surface area contributed by atoms with Crippen molar-refractivity contribution in [2.45, 2.75) is 13.1 Å². The molecule has 0 amide bonds. The number of benzene rings is 2. The van der Waals surface area contributed by atoms with Crippen molar-refractivity contribution in [1.82, 2.24) is 14.5 Å². The van der Waals surface area contributed by atoms with Gasteiger partial charge in [-0.2, -0.15) is 0 Å². The summed E-state index contributed by atoms with van der Waals surface area (Å²) in [5, 5.41) is 10.9. The Balaban J connectivity index is 1.52. The molecular weight excluding hydrogens is 344 g/mol. The Kier molecular flexibility index (Phi) is 4.84. The van der Waals surface area contributed by atoms with Crippen LogP contribution in [0.15, 0.2) is 60.8 Å². The van der Waals surface area contributed by atoms with Crippen LogP contribution < -0.4 is 4.74 Å². The molecule has 0 spiro atoms. The van der Waals surface area contributed by atoms with Gasteiger partial charge in [0, 0.05) is 31.2 Å². The lowest BCUT2D eigenvalue weighted by atomic mass is 9.99. The van der Waals surface area contributed by atoms with Gasteiger partial charge in [-0.3, -0.25) is 9.47 Å². The Labute approximate surface area is 157 Å². The zero-order valence-electron chi connectivity index (χ0n) is 14.8. The average molecular weight is 364 g/mol. The fourth-order valence-corrected chi connectivity index (χ4v) is 3.33. The molecule has 2 aromatic carbocycles. The highest BCUT2D eigenvalue weighted by Crippen LogP contribution is 2.25. The summed E-state index contributed by atoms with van der Waals surface area (Å²) >= 11 is 0. The first-order chi connectivity index (χ1) is 13.2. The maximum absolute atomic E-state index is 10.9. The molecular formula is C20H20N4O3. The number of imidazole rings is 1. The molecule has 0 bridgehead atoms. The first kappa shape index (κ1) is 17.2. The lowest BCUT2D eigenvalue weighted by Crippen LogP contribution is -2.33. The van der Waals surface area contributed by atoms with E-state index in [1.165, 1.54) is 22.9 Å². The number of ether oxygens (including phenoxy) is 1. The first-order valence-electron chi connectivity index (χ1n) is 8.91. The topological polar surface area (TPSA) is 73.4 Å². The summed E-state index contributed by atoms with van der Waals surface area (Å²) in [5.41, 5.74) is 3.67. The molecule has 4 rings (SSSR count). The molecule has 0 aliphatic carbocycles. The average Bonchev–Trinajstić information content (AvgIpc) is 3.08. The highest BCUT2D eigenvalue weighted by molar-refractivity contribution is 5.67. The number of rotatable bonds is 4. The molecule has 7 heteroatoms. The van der Waals surface area contributed by atoms with Gasteiger partial charge in [0.2, 0.25) is 0 Å². The van der Waals surface area contributed by atoms with Crippen LogP contribution in [0.4, 0.5) is 5.82 Å². The van der Waals surface area contributed by atoms with E-state index in [0.29, 0.717) is 19.2 Å². The molecule has 0 atom stereocenters. The minimum atomic E-state index is -0.491. The Morgan fingerprint density at radius 2 is 1.81 bits per heavy atom. The summed E-state index contributed by atoms with van der Waals surface area (Å²) in [5.74, 6) is -0.173. The second-order valence-electron chi connectivity index (χ2n) is 6.48. The Hall–Kier alpha value is -3.19. The van der Waals surface area contributed by atoms with E-state index >= 15 is 0 Å². The zero-order chi connectivity index (χ0) is 18.6. The van der Waals surface area contributed by atoms with Crippen molar-refractivity contribution in [2.75, 3.05) is 19.7 Å². The predicted molar refractivity (Wildman–Crippen MR) is 102 cm³/mol. The summed E-state index contributed by atoms with van der Waals surface area (Å²) in [6, 6.07) is 19.1. The molecule has 1 aliphatic heterocycles. The van der Waals surface area contributed by atoms with Crippen molar-refractivity contribution in [2.24, 2.45) is 0 Å². The van der Waals surface area contributed by atoms with E-state index in [2.05, 4.69) is 46.3 Å². The smallest absolute Gasteiger partial charge is 0.414 e. The predicted octanol–water partition coefficient (Wildman–Crippen LogP) is 3.35. The van der Waals surface area contributed by atoms with Crippen molar-refractivity contribution < 1.29 is 9.66 Å². The summed E-state index contributed by atoms with van der Waals surface area (Å²) in [7, 11) is 0. The maximum Gasteiger partial charge on any atom is 0.414 e. The number of fused-ring (bicyclic) bond motifs is 1. The molecule has 138 valence electrons. The number of aromatic nitrogens is 2. The molecule has 1 aromatic heterocycles. The minimum Gasteiger partial charge on any atom is -0.444 e. The second kappa shape index (κ2) is 7.59. The molecule has 0 saturated heterocycles. The van der Waals surface area contributed by atoms with Crippen molar-refractivity contribution >= 4 is 5.82 Å². The lowest BCUT2D eigenvalue weighted by Gasteiger charge is -2.25. The van der Waals surface area contributed by atoms with Gasteiger partial charge in [0.05, 0.1) is 0 Å². The van der Waals surface area contributed by atoms with Gasteiger partial charge >= 0.3 is 11.8 Å². The summed E-state index contributed by atoms with van der Waals surface area (Å²) in [6.45, 7) is 3.35. The van der Waals surface area contributed by atoms with Gasteiger partial charge < -0.3 is 14.9 Å². The minimum absolute atomic E-state index is 0.173. The molecule has 1 aliphatic rings. The van der Waals surface area contributed by atoms with E-state index in [9.17, 15) is 10.1 Å². The van der Waals surface area contributed by atoms with Crippen LogP contribution >= 0.6 is 0 Å². The molecule has 2 heterocycles. The van der Waals surface area contributed by atoms with E-state index in [4.69, 9.17) is 4.74 Å². The van der Waals surface area contributed by atoms with Crippen molar-refractivity contribution in [3.8, 4) is 17.1 Å². The van der Waals surface area contributed by atoms with Crippen LogP contribution in [0.5, 0.6) is 6.01 Å². The van der Waals surface area contributed by atoms with E-state index in [1.54, 1.807) is 4.57 Å². The Morgan fingerprint density at radius 3 is 2.63 bits per heavy atom. The third-order valence-corrected chi connectivity index (χ3v) is 4.71. The molecule has 0 radical (unpaired) electrons. The lowest BCUT2D eigenvalue weighted by molar-refractivity contribution is -0.389. The molecule has 7 nitrogen and oxygen atoms in total.